The molecule has 0 N–H and O–H groups in total. The fraction of sp³-hybridized carbons (Fsp3) is 0.727. The molecule has 1 aromatic carbocycles. The third-order valence-corrected chi connectivity index (χ3v) is 6.85. The summed E-state index contributed by atoms with van der Waals surface area (Å²) in [6.07, 6.45) is 5.38. The summed E-state index contributed by atoms with van der Waals surface area (Å²) in [5.41, 5.74) is 3.92. The highest BCUT2D eigenvalue weighted by atomic mass is 15.3. The van der Waals surface area contributed by atoms with Crippen LogP contribution in [0, 0.1) is 5.41 Å². The van der Waals surface area contributed by atoms with E-state index in [4.69, 9.17) is 0 Å². The molecule has 1 aromatic rings. The van der Waals surface area contributed by atoms with E-state index in [1.165, 1.54) is 64.1 Å². The van der Waals surface area contributed by atoms with Crippen LogP contribution in [0.15, 0.2) is 24.3 Å². The molecule has 0 aliphatic carbocycles. The summed E-state index contributed by atoms with van der Waals surface area (Å²) in [4.78, 5) is 7.87. The highest BCUT2D eigenvalue weighted by Crippen LogP contribution is 2.46. The molecule has 3 nitrogen and oxygen atoms in total. The first kappa shape index (κ1) is 17.4. The lowest BCUT2D eigenvalue weighted by Crippen LogP contribution is -2.60. The minimum Gasteiger partial charge on any atom is -0.370 e. The van der Waals surface area contributed by atoms with Crippen LogP contribution in [-0.4, -0.2) is 55.1 Å². The fourth-order valence-electron chi connectivity index (χ4n) is 5.29. The number of anilines is 1. The molecule has 3 aliphatic heterocycles. The first-order valence-corrected chi connectivity index (χ1v) is 10.2. The summed E-state index contributed by atoms with van der Waals surface area (Å²) in [6.45, 7) is 13.4. The van der Waals surface area contributed by atoms with Gasteiger partial charge in [-0.25, -0.2) is 0 Å². The molecule has 0 bridgehead atoms. The van der Waals surface area contributed by atoms with Crippen LogP contribution in [0.25, 0.3) is 0 Å². The summed E-state index contributed by atoms with van der Waals surface area (Å²) in [7, 11) is 2.26. The van der Waals surface area contributed by atoms with Crippen molar-refractivity contribution in [2.45, 2.75) is 58.0 Å². The number of rotatable bonds is 2. The second-order valence-electron chi connectivity index (χ2n) is 9.74. The van der Waals surface area contributed by atoms with Gasteiger partial charge in [-0.2, -0.15) is 0 Å². The van der Waals surface area contributed by atoms with Crippen LogP contribution in [0.2, 0.25) is 0 Å². The molecule has 0 saturated carbocycles. The molecule has 0 amide bonds. The molecule has 3 heterocycles. The number of hydrogen-bond donors (Lipinski definition) is 0. The summed E-state index contributed by atoms with van der Waals surface area (Å²) >= 11 is 0. The number of likely N-dealkylation sites (tertiary alicyclic amines) is 2. The Morgan fingerprint density at radius 1 is 1.00 bits per heavy atom. The van der Waals surface area contributed by atoms with Crippen LogP contribution in [0.3, 0.4) is 0 Å². The Balaban J connectivity index is 1.53. The van der Waals surface area contributed by atoms with E-state index in [-0.39, 0.29) is 5.54 Å². The largest absolute Gasteiger partial charge is 0.370 e. The van der Waals surface area contributed by atoms with Gasteiger partial charge in [0.2, 0.25) is 0 Å². The van der Waals surface area contributed by atoms with Crippen molar-refractivity contribution in [3.8, 4) is 0 Å². The van der Waals surface area contributed by atoms with E-state index in [9.17, 15) is 0 Å². The lowest BCUT2D eigenvalue weighted by molar-refractivity contribution is 0.0894. The minimum absolute atomic E-state index is 0.248. The molecule has 0 unspecified atom stereocenters. The Morgan fingerprint density at radius 3 is 2.36 bits per heavy atom. The van der Waals surface area contributed by atoms with Crippen LogP contribution < -0.4 is 4.90 Å². The van der Waals surface area contributed by atoms with Crippen LogP contribution in [-0.2, 0) is 0 Å². The second kappa shape index (κ2) is 6.28. The van der Waals surface area contributed by atoms with Crippen molar-refractivity contribution in [3.63, 3.8) is 0 Å². The van der Waals surface area contributed by atoms with Crippen LogP contribution in [0.5, 0.6) is 0 Å². The zero-order valence-corrected chi connectivity index (χ0v) is 16.6. The van der Waals surface area contributed by atoms with Crippen LogP contribution in [0.4, 0.5) is 5.69 Å². The van der Waals surface area contributed by atoms with Gasteiger partial charge in [0.15, 0.2) is 0 Å². The van der Waals surface area contributed by atoms with E-state index in [1.54, 1.807) is 5.56 Å². The SMILES string of the molecule is CN1CCC2(CC1)CN(c1ccccc1[C@H]1CCCN1C(C)(C)C)C2. The summed E-state index contributed by atoms with van der Waals surface area (Å²) in [5, 5.41) is 0. The number of benzene rings is 1. The first-order valence-electron chi connectivity index (χ1n) is 10.2. The van der Waals surface area contributed by atoms with E-state index in [0.29, 0.717) is 11.5 Å². The molecule has 25 heavy (non-hydrogen) atoms. The van der Waals surface area contributed by atoms with Gasteiger partial charge in [0.05, 0.1) is 0 Å². The van der Waals surface area contributed by atoms with Crippen molar-refractivity contribution in [1.82, 2.24) is 9.80 Å². The van der Waals surface area contributed by atoms with Crippen molar-refractivity contribution < 1.29 is 0 Å². The molecule has 3 fully saturated rings. The molecule has 4 rings (SSSR count). The fourth-order valence-corrected chi connectivity index (χ4v) is 5.29. The average molecular weight is 342 g/mol. The number of nitrogens with zero attached hydrogens (tertiary/aromatic N) is 3. The average Bonchev–Trinajstić information content (AvgIpc) is 3.04. The highest BCUT2D eigenvalue weighted by Gasteiger charge is 2.45. The van der Waals surface area contributed by atoms with Gasteiger partial charge < -0.3 is 9.80 Å². The quantitative estimate of drug-likeness (QED) is 0.800. The lowest BCUT2D eigenvalue weighted by Gasteiger charge is -2.55. The van der Waals surface area contributed by atoms with Gasteiger partial charge in [-0.1, -0.05) is 18.2 Å². The van der Waals surface area contributed by atoms with E-state index in [0.717, 1.165) is 0 Å². The normalized spacial score (nSPS) is 27.7. The van der Waals surface area contributed by atoms with Gasteiger partial charge in [-0.15, -0.1) is 0 Å². The maximum atomic E-state index is 2.72. The summed E-state index contributed by atoms with van der Waals surface area (Å²) < 4.78 is 0. The molecule has 1 spiro atoms. The third-order valence-electron chi connectivity index (χ3n) is 6.85. The monoisotopic (exact) mass is 341 g/mol. The summed E-state index contributed by atoms with van der Waals surface area (Å²) in [5.74, 6) is 0. The third kappa shape index (κ3) is 3.21. The van der Waals surface area contributed by atoms with Gasteiger partial charge in [-0.05, 0) is 84.8 Å². The molecular weight excluding hydrogens is 306 g/mol. The lowest BCUT2D eigenvalue weighted by atomic mass is 9.71. The smallest absolute Gasteiger partial charge is 0.0415 e. The Labute approximate surface area is 154 Å². The molecule has 3 saturated heterocycles. The zero-order valence-electron chi connectivity index (χ0n) is 16.6. The molecule has 0 aromatic heterocycles. The number of hydrogen-bond acceptors (Lipinski definition) is 3. The Kier molecular flexibility index (Phi) is 4.36. The van der Waals surface area contributed by atoms with Gasteiger partial charge in [-0.3, -0.25) is 4.90 Å². The first-order chi connectivity index (χ1) is 11.9. The second-order valence-corrected chi connectivity index (χ2v) is 9.74. The maximum Gasteiger partial charge on any atom is 0.0415 e. The number of piperidine rings is 1. The van der Waals surface area contributed by atoms with E-state index < -0.39 is 0 Å². The standard InChI is InChI=1S/C22H35N3/c1-21(2,3)25-13-7-10-20(25)18-8-5-6-9-19(18)24-16-22(17-24)11-14-23(4)15-12-22/h5-6,8-9,20H,7,10-17H2,1-4H3/t20-/m1/s1. The number of para-hydroxylation sites is 1. The van der Waals surface area contributed by atoms with E-state index >= 15 is 0 Å². The van der Waals surface area contributed by atoms with Crippen molar-refractivity contribution in [2.75, 3.05) is 44.7 Å². The highest BCUT2D eigenvalue weighted by molar-refractivity contribution is 5.58. The van der Waals surface area contributed by atoms with Crippen molar-refractivity contribution in [3.05, 3.63) is 29.8 Å². The van der Waals surface area contributed by atoms with Crippen LogP contribution in [0.1, 0.15) is 58.1 Å². The van der Waals surface area contributed by atoms with E-state index in [1.807, 2.05) is 0 Å². The van der Waals surface area contributed by atoms with E-state index in [2.05, 4.69) is 66.8 Å². The summed E-state index contributed by atoms with van der Waals surface area (Å²) in [6, 6.07) is 9.82. The molecule has 1 atom stereocenters. The topological polar surface area (TPSA) is 9.72 Å². The van der Waals surface area contributed by atoms with Gasteiger partial charge in [0.1, 0.15) is 0 Å². The Hall–Kier alpha value is -1.06. The van der Waals surface area contributed by atoms with Crippen LogP contribution >= 0.6 is 0 Å². The van der Waals surface area contributed by atoms with Crippen molar-refractivity contribution in [1.29, 1.82) is 0 Å². The minimum atomic E-state index is 0.248. The molecule has 0 radical (unpaired) electrons. The van der Waals surface area contributed by atoms with Gasteiger partial charge in [0, 0.05) is 35.8 Å². The Bertz CT molecular complexity index is 602. The zero-order chi connectivity index (χ0) is 17.7. The molecule has 3 aliphatic rings. The maximum absolute atomic E-state index is 2.72. The predicted octanol–water partition coefficient (Wildman–Crippen LogP) is 4.15. The van der Waals surface area contributed by atoms with Crippen molar-refractivity contribution >= 4 is 5.69 Å². The Morgan fingerprint density at radius 2 is 1.68 bits per heavy atom. The molecule has 138 valence electrons. The molecular formula is C22H35N3. The van der Waals surface area contributed by atoms with Gasteiger partial charge >= 0.3 is 0 Å². The molecule has 3 heteroatoms. The predicted molar refractivity (Wildman–Crippen MR) is 106 cm³/mol. The van der Waals surface area contributed by atoms with Gasteiger partial charge in [0.25, 0.3) is 0 Å². The van der Waals surface area contributed by atoms with Crippen molar-refractivity contribution in [2.24, 2.45) is 5.41 Å².